The van der Waals surface area contributed by atoms with Crippen molar-refractivity contribution in [1.82, 2.24) is 19.6 Å². The summed E-state index contributed by atoms with van der Waals surface area (Å²) >= 11 is 5.80. The van der Waals surface area contributed by atoms with Crippen LogP contribution in [0.1, 0.15) is 28.3 Å². The molecule has 0 fully saturated rings. The monoisotopic (exact) mass is 345 g/mol. The molecule has 9 heteroatoms. The highest BCUT2D eigenvalue weighted by atomic mass is 35.5. The minimum atomic E-state index is -0.576. The molecule has 24 heavy (non-hydrogen) atoms. The summed E-state index contributed by atoms with van der Waals surface area (Å²) in [5, 5.41) is 16.1. The lowest BCUT2D eigenvalue weighted by Gasteiger charge is -2.03. The molecule has 1 amide bonds. The first kappa shape index (κ1) is 14.7. The van der Waals surface area contributed by atoms with Crippen molar-refractivity contribution in [2.24, 2.45) is 0 Å². The molecule has 3 N–H and O–H groups in total. The number of amides is 1. The van der Waals surface area contributed by atoms with Crippen molar-refractivity contribution in [2.45, 2.75) is 19.3 Å². The van der Waals surface area contributed by atoms with Gasteiger partial charge in [0.05, 0.1) is 5.02 Å². The smallest absolute Gasteiger partial charge is 0.295 e. The Kier molecular flexibility index (Phi) is 3.27. The van der Waals surface area contributed by atoms with Gasteiger partial charge in [-0.2, -0.15) is 9.50 Å². The summed E-state index contributed by atoms with van der Waals surface area (Å²) in [6.45, 7) is 0. The number of aromatic amines is 1. The summed E-state index contributed by atoms with van der Waals surface area (Å²) in [5.74, 6) is -0.542. The molecule has 1 aliphatic rings. The number of benzene rings is 1. The fourth-order valence-corrected chi connectivity index (χ4v) is 2.96. The fourth-order valence-electron chi connectivity index (χ4n) is 2.78. The van der Waals surface area contributed by atoms with Crippen LogP contribution in [0.25, 0.3) is 5.78 Å². The van der Waals surface area contributed by atoms with Gasteiger partial charge in [-0.1, -0.05) is 11.6 Å². The normalized spacial score (nSPS) is 13.2. The molecule has 4 rings (SSSR count). The van der Waals surface area contributed by atoms with Crippen LogP contribution in [0.5, 0.6) is 5.75 Å². The van der Waals surface area contributed by atoms with Gasteiger partial charge in [-0.3, -0.25) is 9.59 Å². The average molecular weight is 346 g/mol. The molecule has 122 valence electrons. The zero-order chi connectivity index (χ0) is 16.8. The minimum Gasteiger partial charge on any atom is -0.506 e. The number of rotatable bonds is 2. The lowest BCUT2D eigenvalue weighted by Crippen LogP contribution is -2.21. The molecule has 0 spiro atoms. The summed E-state index contributed by atoms with van der Waals surface area (Å²) in [7, 11) is 0. The Labute approximate surface area is 140 Å². The predicted molar refractivity (Wildman–Crippen MR) is 86.7 cm³/mol. The standard InChI is InChI=1S/C15H12ClN5O3/c16-9-6-7(4-5-11(9)22)17-13(23)12-19-15-18-10-3-1-2-8(10)14(24)21(15)20-12/h4-6,22H,1-3H2,(H,17,23)(H,18,19,20). The quantitative estimate of drug-likeness (QED) is 0.609. The van der Waals surface area contributed by atoms with Crippen LogP contribution in [0.4, 0.5) is 5.69 Å². The number of H-pyrrole nitrogens is 1. The van der Waals surface area contributed by atoms with Crippen LogP contribution in [-0.4, -0.2) is 30.6 Å². The van der Waals surface area contributed by atoms with Crippen molar-refractivity contribution in [3.63, 3.8) is 0 Å². The van der Waals surface area contributed by atoms with E-state index in [0.29, 0.717) is 17.7 Å². The van der Waals surface area contributed by atoms with E-state index in [1.807, 2.05) is 0 Å². The van der Waals surface area contributed by atoms with Crippen LogP contribution < -0.4 is 10.9 Å². The predicted octanol–water partition coefficient (Wildman–Crippen LogP) is 1.52. The summed E-state index contributed by atoms with van der Waals surface area (Å²) in [5.41, 5.74) is 1.70. The number of halogens is 1. The van der Waals surface area contributed by atoms with Crippen molar-refractivity contribution in [3.05, 3.63) is 50.7 Å². The molecule has 3 aromatic rings. The number of phenolic OH excluding ortho intramolecular Hbond substituents is 1. The largest absolute Gasteiger partial charge is 0.506 e. The Bertz CT molecular complexity index is 1040. The van der Waals surface area contributed by atoms with Crippen molar-refractivity contribution in [3.8, 4) is 5.75 Å². The third-order valence-electron chi connectivity index (χ3n) is 3.95. The van der Waals surface area contributed by atoms with E-state index >= 15 is 0 Å². The molecule has 1 aliphatic carbocycles. The van der Waals surface area contributed by atoms with Gasteiger partial charge in [-0.05, 0) is 37.5 Å². The molecule has 0 saturated carbocycles. The van der Waals surface area contributed by atoms with Gasteiger partial charge in [-0.25, -0.2) is 0 Å². The van der Waals surface area contributed by atoms with E-state index in [1.165, 1.54) is 18.2 Å². The van der Waals surface area contributed by atoms with E-state index in [2.05, 4.69) is 20.4 Å². The van der Waals surface area contributed by atoms with E-state index in [0.717, 1.165) is 23.1 Å². The molecule has 0 unspecified atom stereocenters. The number of carbonyl (C=O) groups is 1. The number of anilines is 1. The molecule has 0 radical (unpaired) electrons. The summed E-state index contributed by atoms with van der Waals surface area (Å²) in [4.78, 5) is 31.8. The van der Waals surface area contributed by atoms with Crippen LogP contribution in [0, 0.1) is 0 Å². The second-order valence-electron chi connectivity index (χ2n) is 5.53. The molecular formula is C15H12ClN5O3. The van der Waals surface area contributed by atoms with E-state index in [4.69, 9.17) is 11.6 Å². The SMILES string of the molecule is O=C(Nc1ccc(O)c(Cl)c1)c1nc2[nH]c3c(c(=O)n2n1)CCC3. The number of fused-ring (bicyclic) bond motifs is 2. The number of nitrogens with zero attached hydrogens (tertiary/aromatic N) is 3. The lowest BCUT2D eigenvalue weighted by molar-refractivity contribution is 0.101. The lowest BCUT2D eigenvalue weighted by atomic mass is 10.3. The summed E-state index contributed by atoms with van der Waals surface area (Å²) < 4.78 is 1.11. The maximum absolute atomic E-state index is 12.4. The molecule has 8 nitrogen and oxygen atoms in total. The maximum atomic E-state index is 12.4. The van der Waals surface area contributed by atoms with Crippen LogP contribution in [0.3, 0.4) is 0 Å². The van der Waals surface area contributed by atoms with Gasteiger partial charge >= 0.3 is 0 Å². The first-order valence-corrected chi connectivity index (χ1v) is 7.71. The third kappa shape index (κ3) is 2.31. The van der Waals surface area contributed by atoms with Gasteiger partial charge in [0, 0.05) is 16.9 Å². The van der Waals surface area contributed by atoms with Gasteiger partial charge in [0.25, 0.3) is 11.5 Å². The minimum absolute atomic E-state index is 0.0827. The number of carbonyl (C=O) groups excluding carboxylic acids is 1. The van der Waals surface area contributed by atoms with Gasteiger partial charge in [-0.15, -0.1) is 5.10 Å². The van der Waals surface area contributed by atoms with Crippen molar-refractivity contribution in [1.29, 1.82) is 0 Å². The highest BCUT2D eigenvalue weighted by Crippen LogP contribution is 2.26. The maximum Gasteiger partial charge on any atom is 0.295 e. The van der Waals surface area contributed by atoms with Gasteiger partial charge in [0.15, 0.2) is 0 Å². The Morgan fingerprint density at radius 2 is 2.21 bits per heavy atom. The average Bonchev–Trinajstić information content (AvgIpc) is 3.18. The molecular weight excluding hydrogens is 334 g/mol. The first-order chi connectivity index (χ1) is 11.5. The van der Waals surface area contributed by atoms with Crippen molar-refractivity contribution >= 4 is 29.0 Å². The number of aromatic hydroxyl groups is 1. The van der Waals surface area contributed by atoms with Crippen LogP contribution in [0.15, 0.2) is 23.0 Å². The number of phenols is 1. The Hall–Kier alpha value is -2.87. The van der Waals surface area contributed by atoms with Crippen LogP contribution in [-0.2, 0) is 12.8 Å². The highest BCUT2D eigenvalue weighted by molar-refractivity contribution is 6.32. The molecule has 1 aromatic carbocycles. The molecule has 2 heterocycles. The first-order valence-electron chi connectivity index (χ1n) is 7.33. The Balaban J connectivity index is 1.69. The van der Waals surface area contributed by atoms with E-state index in [1.54, 1.807) is 0 Å². The van der Waals surface area contributed by atoms with E-state index < -0.39 is 5.91 Å². The molecule has 0 aliphatic heterocycles. The molecule has 2 aromatic heterocycles. The van der Waals surface area contributed by atoms with Gasteiger partial charge in [0.2, 0.25) is 11.6 Å². The van der Waals surface area contributed by atoms with Gasteiger partial charge < -0.3 is 15.4 Å². The number of aromatic nitrogens is 4. The molecule has 0 atom stereocenters. The zero-order valence-corrected chi connectivity index (χ0v) is 13.1. The second-order valence-corrected chi connectivity index (χ2v) is 5.94. The molecule has 0 bridgehead atoms. The Morgan fingerprint density at radius 1 is 1.38 bits per heavy atom. The van der Waals surface area contributed by atoms with E-state index in [9.17, 15) is 14.7 Å². The van der Waals surface area contributed by atoms with E-state index in [-0.39, 0.29) is 27.9 Å². The van der Waals surface area contributed by atoms with Crippen molar-refractivity contribution < 1.29 is 9.90 Å². The zero-order valence-electron chi connectivity index (χ0n) is 12.3. The topological polar surface area (TPSA) is 112 Å². The number of nitrogens with one attached hydrogen (secondary N) is 2. The third-order valence-corrected chi connectivity index (χ3v) is 4.25. The van der Waals surface area contributed by atoms with Crippen LogP contribution in [0.2, 0.25) is 5.02 Å². The Morgan fingerprint density at radius 3 is 3.00 bits per heavy atom. The number of aryl methyl sites for hydroxylation is 1. The van der Waals surface area contributed by atoms with Crippen molar-refractivity contribution in [2.75, 3.05) is 5.32 Å². The number of hydrogen-bond acceptors (Lipinski definition) is 5. The number of hydrogen-bond donors (Lipinski definition) is 3. The second kappa shape index (κ2) is 5.34. The van der Waals surface area contributed by atoms with Gasteiger partial charge in [0.1, 0.15) is 5.75 Å². The fraction of sp³-hybridized carbons (Fsp3) is 0.200. The highest BCUT2D eigenvalue weighted by Gasteiger charge is 2.21. The molecule has 0 saturated heterocycles. The summed E-state index contributed by atoms with van der Waals surface area (Å²) in [6.07, 6.45) is 2.42. The summed E-state index contributed by atoms with van der Waals surface area (Å²) in [6, 6.07) is 4.27. The van der Waals surface area contributed by atoms with Crippen LogP contribution >= 0.6 is 11.6 Å².